The highest BCUT2D eigenvalue weighted by Gasteiger charge is 2.47. The van der Waals surface area contributed by atoms with Crippen molar-refractivity contribution < 1.29 is 0 Å². The Labute approximate surface area is 398 Å². The van der Waals surface area contributed by atoms with Crippen LogP contribution in [0.3, 0.4) is 0 Å². The van der Waals surface area contributed by atoms with E-state index < -0.39 is 0 Å². The van der Waals surface area contributed by atoms with Crippen LogP contribution >= 0.6 is 0 Å². The van der Waals surface area contributed by atoms with Gasteiger partial charge in [-0.3, -0.25) is 0 Å². The molecule has 65 heavy (non-hydrogen) atoms. The highest BCUT2D eigenvalue weighted by molar-refractivity contribution is 5.95. The Kier molecular flexibility index (Phi) is 18.9. The highest BCUT2D eigenvalue weighted by atomic mass is 15.2. The summed E-state index contributed by atoms with van der Waals surface area (Å²) in [5, 5.41) is 0. The zero-order valence-corrected chi connectivity index (χ0v) is 41.7. The molecule has 0 radical (unpaired) electrons. The van der Waals surface area contributed by atoms with Crippen molar-refractivity contribution in [2.45, 2.75) is 218 Å². The SMILES string of the molecule is CCCCCCCCC1(CCCCCCCC)c2ccccc2-c2cccc(N(c3ccccc3)c3cccc4c3C(CCCCCCCC)(CCCCCCCC)c3ccccc3-4)c21. The van der Waals surface area contributed by atoms with Gasteiger partial charge in [-0.25, -0.2) is 0 Å². The first kappa shape index (κ1) is 48.8. The van der Waals surface area contributed by atoms with E-state index in [0.717, 1.165) is 0 Å². The Balaban J connectivity index is 1.40. The zero-order valence-electron chi connectivity index (χ0n) is 41.7. The summed E-state index contributed by atoms with van der Waals surface area (Å²) in [5.74, 6) is 0. The molecule has 7 rings (SSSR count). The molecular formula is C64H87N. The second-order valence-corrected chi connectivity index (χ2v) is 20.4. The van der Waals surface area contributed by atoms with Crippen LogP contribution in [-0.4, -0.2) is 0 Å². The molecule has 0 N–H and O–H groups in total. The summed E-state index contributed by atoms with van der Waals surface area (Å²) in [5.41, 5.74) is 16.3. The van der Waals surface area contributed by atoms with E-state index in [9.17, 15) is 0 Å². The van der Waals surface area contributed by atoms with Gasteiger partial charge in [0.2, 0.25) is 0 Å². The summed E-state index contributed by atoms with van der Waals surface area (Å²) in [6.07, 6.45) is 36.8. The number of anilines is 3. The second kappa shape index (κ2) is 25.1. The predicted octanol–water partition coefficient (Wildman–Crippen LogP) is 20.7. The number of fused-ring (bicyclic) bond motifs is 6. The normalized spacial score (nSPS) is 14.0. The summed E-state index contributed by atoms with van der Waals surface area (Å²) < 4.78 is 0. The summed E-state index contributed by atoms with van der Waals surface area (Å²) in [4.78, 5) is 2.78. The lowest BCUT2D eigenvalue weighted by Gasteiger charge is -2.40. The van der Waals surface area contributed by atoms with Crippen molar-refractivity contribution in [1.29, 1.82) is 0 Å². The number of hydrogen-bond donors (Lipinski definition) is 0. The number of benzene rings is 5. The molecule has 2 aliphatic rings. The standard InChI is InChI=1S/C64H87N/c1-5-9-13-17-21-32-48-63(49-33-22-18-14-10-6-2)57-44-30-28-40-53(57)55-42-36-46-59(61(55)63)65(52-38-26-25-27-39-52)60-47-37-43-56-54-41-29-31-45-58(54)64(62(56)60,50-34-23-19-15-11-7-3)51-35-24-20-16-12-8-4/h25-31,36-47H,5-24,32-35,48-51H2,1-4H3. The molecular weight excluding hydrogens is 783 g/mol. The van der Waals surface area contributed by atoms with Crippen LogP contribution in [0.25, 0.3) is 22.3 Å². The molecule has 1 nitrogen and oxygen atoms in total. The van der Waals surface area contributed by atoms with Crippen LogP contribution in [0.4, 0.5) is 17.1 Å². The predicted molar refractivity (Wildman–Crippen MR) is 286 cm³/mol. The number of unbranched alkanes of at least 4 members (excludes halogenated alkanes) is 20. The Morgan fingerprint density at radius 3 is 0.969 bits per heavy atom. The number of rotatable bonds is 31. The van der Waals surface area contributed by atoms with Crippen LogP contribution in [0.2, 0.25) is 0 Å². The van der Waals surface area contributed by atoms with E-state index in [1.807, 2.05) is 0 Å². The second-order valence-electron chi connectivity index (χ2n) is 20.4. The van der Waals surface area contributed by atoms with Crippen LogP contribution in [0.1, 0.15) is 230 Å². The third-order valence-corrected chi connectivity index (χ3v) is 15.8. The van der Waals surface area contributed by atoms with Gasteiger partial charge in [-0.2, -0.15) is 0 Å². The molecule has 0 aliphatic heterocycles. The largest absolute Gasteiger partial charge is 0.310 e. The minimum absolute atomic E-state index is 0.0277. The van der Waals surface area contributed by atoms with Crippen molar-refractivity contribution in [1.82, 2.24) is 0 Å². The van der Waals surface area contributed by atoms with E-state index in [1.165, 1.54) is 219 Å². The molecule has 0 aromatic heterocycles. The highest BCUT2D eigenvalue weighted by Crippen LogP contribution is 2.62. The van der Waals surface area contributed by atoms with E-state index in [4.69, 9.17) is 0 Å². The van der Waals surface area contributed by atoms with Crippen molar-refractivity contribution in [2.75, 3.05) is 4.90 Å². The first-order valence-electron chi connectivity index (χ1n) is 27.5. The minimum atomic E-state index is -0.0277. The quantitative estimate of drug-likeness (QED) is 0.0401. The molecule has 348 valence electrons. The minimum Gasteiger partial charge on any atom is -0.310 e. The summed E-state index contributed by atoms with van der Waals surface area (Å²) in [6, 6.07) is 45.6. The fourth-order valence-corrected chi connectivity index (χ4v) is 12.5. The Bertz CT molecular complexity index is 1990. The molecule has 1 heteroatoms. The molecule has 2 aliphatic carbocycles. The van der Waals surface area contributed by atoms with Gasteiger partial charge < -0.3 is 4.90 Å². The molecule has 5 aromatic rings. The smallest absolute Gasteiger partial charge is 0.0509 e. The van der Waals surface area contributed by atoms with Crippen molar-refractivity contribution >= 4 is 17.1 Å². The zero-order chi connectivity index (χ0) is 45.2. The van der Waals surface area contributed by atoms with Gasteiger partial charge in [0.1, 0.15) is 0 Å². The molecule has 0 fully saturated rings. The van der Waals surface area contributed by atoms with Gasteiger partial charge in [0, 0.05) is 16.5 Å². The number of nitrogens with zero attached hydrogens (tertiary/aromatic N) is 1. The van der Waals surface area contributed by atoms with E-state index in [-0.39, 0.29) is 10.8 Å². The van der Waals surface area contributed by atoms with Gasteiger partial charge in [-0.1, -0.05) is 273 Å². The van der Waals surface area contributed by atoms with Crippen molar-refractivity contribution in [3.05, 3.63) is 138 Å². The molecule has 5 aromatic carbocycles. The maximum Gasteiger partial charge on any atom is 0.0509 e. The third kappa shape index (κ3) is 11.2. The van der Waals surface area contributed by atoms with E-state index in [1.54, 1.807) is 22.3 Å². The van der Waals surface area contributed by atoms with Crippen LogP contribution in [0, 0.1) is 0 Å². The van der Waals surface area contributed by atoms with Gasteiger partial charge >= 0.3 is 0 Å². The van der Waals surface area contributed by atoms with E-state index >= 15 is 0 Å². The maximum atomic E-state index is 2.78. The lowest BCUT2D eigenvalue weighted by Crippen LogP contribution is -2.30. The summed E-state index contributed by atoms with van der Waals surface area (Å²) in [7, 11) is 0. The van der Waals surface area contributed by atoms with Crippen molar-refractivity contribution in [3.63, 3.8) is 0 Å². The monoisotopic (exact) mass is 870 g/mol. The first-order valence-corrected chi connectivity index (χ1v) is 27.5. The van der Waals surface area contributed by atoms with Gasteiger partial charge in [0.25, 0.3) is 0 Å². The van der Waals surface area contributed by atoms with Crippen LogP contribution in [0.5, 0.6) is 0 Å². The maximum absolute atomic E-state index is 2.78. The lowest BCUT2D eigenvalue weighted by atomic mass is 9.69. The topological polar surface area (TPSA) is 3.24 Å². The average Bonchev–Trinajstić information content (AvgIpc) is 3.79. The van der Waals surface area contributed by atoms with Gasteiger partial charge in [-0.15, -0.1) is 0 Å². The molecule has 0 atom stereocenters. The molecule has 0 heterocycles. The fourth-order valence-electron chi connectivity index (χ4n) is 12.5. The average molecular weight is 870 g/mol. The lowest BCUT2D eigenvalue weighted by molar-refractivity contribution is 0.397. The third-order valence-electron chi connectivity index (χ3n) is 15.8. The summed E-state index contributed by atoms with van der Waals surface area (Å²) >= 11 is 0. The molecule has 0 unspecified atom stereocenters. The van der Waals surface area contributed by atoms with Crippen LogP contribution < -0.4 is 4.90 Å². The van der Waals surface area contributed by atoms with Gasteiger partial charge in [0.05, 0.1) is 11.4 Å². The van der Waals surface area contributed by atoms with E-state index in [2.05, 4.69) is 148 Å². The molecule has 0 bridgehead atoms. The van der Waals surface area contributed by atoms with Crippen molar-refractivity contribution in [3.8, 4) is 22.3 Å². The summed E-state index contributed by atoms with van der Waals surface area (Å²) in [6.45, 7) is 9.37. The first-order chi connectivity index (χ1) is 32.1. The molecule has 0 saturated carbocycles. The van der Waals surface area contributed by atoms with Gasteiger partial charge in [0.15, 0.2) is 0 Å². The number of hydrogen-bond acceptors (Lipinski definition) is 1. The molecule has 0 saturated heterocycles. The van der Waals surface area contributed by atoms with Crippen LogP contribution in [-0.2, 0) is 10.8 Å². The Morgan fingerprint density at radius 1 is 0.292 bits per heavy atom. The Morgan fingerprint density at radius 2 is 0.600 bits per heavy atom. The van der Waals surface area contributed by atoms with E-state index in [0.29, 0.717) is 0 Å². The molecule has 0 spiro atoms. The van der Waals surface area contributed by atoms with Crippen molar-refractivity contribution in [2.24, 2.45) is 0 Å². The Hall–Kier alpha value is -4.10. The number of para-hydroxylation sites is 1. The van der Waals surface area contributed by atoms with Crippen LogP contribution in [0.15, 0.2) is 115 Å². The fraction of sp³-hybridized carbons (Fsp3) is 0.531. The van der Waals surface area contributed by atoms with Gasteiger partial charge in [-0.05, 0) is 94.5 Å². The molecule has 0 amide bonds.